The van der Waals surface area contributed by atoms with Crippen LogP contribution in [-0.2, 0) is 22.6 Å². The molecule has 1 aromatic heterocycles. The minimum Gasteiger partial charge on any atom is -0.457 e. The van der Waals surface area contributed by atoms with E-state index in [1.807, 2.05) is 97.1 Å². The molecule has 3 N–H and O–H groups in total. The number of benzene rings is 5. The lowest BCUT2D eigenvalue weighted by atomic mass is 9.99. The van der Waals surface area contributed by atoms with Crippen LogP contribution in [0.25, 0.3) is 11.1 Å². The second-order valence-corrected chi connectivity index (χ2v) is 14.3. The highest BCUT2D eigenvalue weighted by atomic mass is 16.7. The van der Waals surface area contributed by atoms with Gasteiger partial charge in [0.05, 0.1) is 18.8 Å². The molecule has 2 saturated heterocycles. The van der Waals surface area contributed by atoms with Crippen molar-refractivity contribution in [1.29, 1.82) is 0 Å². The number of aromatic nitrogens is 2. The maximum Gasteiger partial charge on any atom is 0.319 e. The predicted octanol–water partition coefficient (Wildman–Crippen LogP) is 8.12. The van der Waals surface area contributed by atoms with Crippen LogP contribution in [0.1, 0.15) is 41.1 Å². The number of ether oxygens (including phenoxy) is 3. The summed E-state index contributed by atoms with van der Waals surface area (Å²) in [4.78, 5) is 26.3. The van der Waals surface area contributed by atoms with E-state index < -0.39 is 6.29 Å². The van der Waals surface area contributed by atoms with Crippen molar-refractivity contribution in [2.24, 2.45) is 0 Å². The number of carbonyl (C=O) groups is 1. The molecule has 5 aromatic carbocycles. The van der Waals surface area contributed by atoms with Crippen molar-refractivity contribution < 1.29 is 24.1 Å². The van der Waals surface area contributed by atoms with E-state index in [4.69, 9.17) is 14.2 Å². The normalized spacial score (nSPS) is 18.5. The number of hydrogen-bond acceptors (Lipinski definition) is 9. The number of rotatable bonds is 12. The van der Waals surface area contributed by atoms with Crippen LogP contribution in [0.15, 0.2) is 146 Å². The average Bonchev–Trinajstić information content (AvgIpc) is 3.27. The van der Waals surface area contributed by atoms with Crippen molar-refractivity contribution in [3.8, 4) is 22.6 Å². The molecule has 3 atom stereocenters. The molecule has 2 fully saturated rings. The van der Waals surface area contributed by atoms with Crippen molar-refractivity contribution in [2.75, 3.05) is 42.9 Å². The average molecular weight is 763 g/mol. The van der Waals surface area contributed by atoms with Gasteiger partial charge in [-0.2, -0.15) is 0 Å². The summed E-state index contributed by atoms with van der Waals surface area (Å²) in [7, 11) is 0. The van der Waals surface area contributed by atoms with E-state index in [0.29, 0.717) is 18.0 Å². The van der Waals surface area contributed by atoms with Crippen molar-refractivity contribution in [2.45, 2.75) is 38.1 Å². The highest BCUT2D eigenvalue weighted by Gasteiger charge is 2.34. The van der Waals surface area contributed by atoms with Gasteiger partial charge in [0.25, 0.3) is 0 Å². The summed E-state index contributed by atoms with van der Waals surface area (Å²) in [5.41, 5.74) is 6.62. The van der Waals surface area contributed by atoms with E-state index in [1.54, 1.807) is 12.4 Å². The SMILES string of the molecule is O=C(NCc1cccc(-c2ccc(C3OC(CN4CCN(c5ncccn5)CC4)CC(c4ccc(CO)cc4)O3)cc2)c1)Nc1ccc(Oc2ccccc2)cc1. The number of nitrogens with zero attached hydrogens (tertiary/aromatic N) is 4. The molecule has 3 heterocycles. The lowest BCUT2D eigenvalue weighted by Crippen LogP contribution is -2.50. The summed E-state index contributed by atoms with van der Waals surface area (Å²) >= 11 is 0. The van der Waals surface area contributed by atoms with Gasteiger partial charge in [0.2, 0.25) is 5.95 Å². The Balaban J connectivity index is 0.884. The summed E-state index contributed by atoms with van der Waals surface area (Å²) in [5, 5.41) is 15.5. The van der Waals surface area contributed by atoms with Crippen LogP contribution >= 0.6 is 0 Å². The molecule has 11 heteroatoms. The summed E-state index contributed by atoms with van der Waals surface area (Å²) < 4.78 is 19.2. The first-order valence-corrected chi connectivity index (χ1v) is 19.4. The fourth-order valence-corrected chi connectivity index (χ4v) is 7.19. The Morgan fingerprint density at radius 1 is 0.719 bits per heavy atom. The molecule has 3 unspecified atom stereocenters. The molecule has 8 rings (SSSR count). The van der Waals surface area contributed by atoms with Gasteiger partial charge in [-0.25, -0.2) is 14.8 Å². The third-order valence-corrected chi connectivity index (χ3v) is 10.3. The number of amides is 2. The van der Waals surface area contributed by atoms with Crippen molar-refractivity contribution in [1.82, 2.24) is 20.2 Å². The maximum absolute atomic E-state index is 12.8. The van der Waals surface area contributed by atoms with Gasteiger partial charge in [-0.15, -0.1) is 0 Å². The lowest BCUT2D eigenvalue weighted by Gasteiger charge is -2.40. The van der Waals surface area contributed by atoms with E-state index in [9.17, 15) is 9.90 Å². The molecule has 290 valence electrons. The zero-order valence-corrected chi connectivity index (χ0v) is 31.6. The third-order valence-electron chi connectivity index (χ3n) is 10.3. The fraction of sp³-hybridized carbons (Fsp3) is 0.239. The second-order valence-electron chi connectivity index (χ2n) is 14.3. The number of urea groups is 1. The van der Waals surface area contributed by atoms with Crippen LogP contribution in [0.3, 0.4) is 0 Å². The maximum atomic E-state index is 12.8. The van der Waals surface area contributed by atoms with Gasteiger partial charge < -0.3 is 34.9 Å². The summed E-state index contributed by atoms with van der Waals surface area (Å²) in [6.07, 6.45) is 3.56. The van der Waals surface area contributed by atoms with E-state index in [-0.39, 0.29) is 24.8 Å². The minimum absolute atomic E-state index is 0.00285. The van der Waals surface area contributed by atoms with E-state index in [1.165, 1.54) is 0 Å². The third kappa shape index (κ3) is 10.0. The van der Waals surface area contributed by atoms with Crippen LogP contribution in [0.2, 0.25) is 0 Å². The molecular weight excluding hydrogens is 717 g/mol. The van der Waals surface area contributed by atoms with Crippen LogP contribution < -0.4 is 20.3 Å². The van der Waals surface area contributed by atoms with E-state index in [2.05, 4.69) is 66.8 Å². The minimum atomic E-state index is -0.541. The zero-order chi connectivity index (χ0) is 38.8. The molecule has 2 aliphatic heterocycles. The zero-order valence-electron chi connectivity index (χ0n) is 31.6. The van der Waals surface area contributed by atoms with Crippen LogP contribution in [0.4, 0.5) is 16.4 Å². The van der Waals surface area contributed by atoms with Gasteiger partial charge in [-0.05, 0) is 76.3 Å². The number of carbonyl (C=O) groups excluding carboxylic acids is 1. The molecule has 0 aliphatic carbocycles. The highest BCUT2D eigenvalue weighted by molar-refractivity contribution is 5.89. The van der Waals surface area contributed by atoms with Crippen LogP contribution in [0.5, 0.6) is 11.5 Å². The molecule has 0 radical (unpaired) electrons. The smallest absolute Gasteiger partial charge is 0.319 e. The monoisotopic (exact) mass is 762 g/mol. The van der Waals surface area contributed by atoms with Gasteiger partial charge in [-0.3, -0.25) is 4.90 Å². The molecule has 0 bridgehead atoms. The summed E-state index contributed by atoms with van der Waals surface area (Å²) in [6, 6.07) is 42.9. The number of para-hydroxylation sites is 1. The van der Waals surface area contributed by atoms with Crippen LogP contribution in [-0.4, -0.2) is 64.8 Å². The first-order valence-electron chi connectivity index (χ1n) is 19.4. The Labute approximate surface area is 332 Å². The number of aliphatic hydroxyl groups excluding tert-OH is 1. The van der Waals surface area contributed by atoms with Gasteiger partial charge in [-0.1, -0.05) is 84.9 Å². The highest BCUT2D eigenvalue weighted by Crippen LogP contribution is 2.39. The van der Waals surface area contributed by atoms with Gasteiger partial charge in [0, 0.05) is 69.3 Å². The second kappa shape index (κ2) is 18.2. The molecule has 6 aromatic rings. The van der Waals surface area contributed by atoms with Crippen molar-refractivity contribution in [3.63, 3.8) is 0 Å². The molecule has 0 spiro atoms. The van der Waals surface area contributed by atoms with E-state index >= 15 is 0 Å². The van der Waals surface area contributed by atoms with Gasteiger partial charge >= 0.3 is 6.03 Å². The standard InChI is InChI=1S/C46H46N6O5/c53-32-33-10-12-36(13-11-33)43-29-42(31-51-24-26-52(27-25-51)45-47-22-5-23-48-45)56-44(57-43)37-16-14-35(15-17-37)38-7-4-6-34(28-38)30-49-46(54)50-39-18-20-41(21-19-39)55-40-8-2-1-3-9-40/h1-23,28,42-44,53H,24-27,29-32H2,(H2,49,50,54). The topological polar surface area (TPSA) is 121 Å². The number of nitrogens with one attached hydrogen (secondary N) is 2. The Morgan fingerprint density at radius 2 is 1.44 bits per heavy atom. The largest absolute Gasteiger partial charge is 0.457 e. The molecule has 2 amide bonds. The number of hydrogen-bond donors (Lipinski definition) is 3. The van der Waals surface area contributed by atoms with Crippen molar-refractivity contribution >= 4 is 17.7 Å². The molecular formula is C46H46N6O5. The lowest BCUT2D eigenvalue weighted by molar-refractivity contribution is -0.253. The Bertz CT molecular complexity index is 2180. The number of anilines is 2. The fourth-order valence-electron chi connectivity index (χ4n) is 7.19. The first-order chi connectivity index (χ1) is 28.0. The van der Waals surface area contributed by atoms with Crippen molar-refractivity contribution in [3.05, 3.63) is 168 Å². The Kier molecular flexibility index (Phi) is 12.1. The Hall–Kier alpha value is -6.11. The number of aliphatic hydroxyl groups is 1. The van der Waals surface area contributed by atoms with Gasteiger partial charge in [0.1, 0.15) is 11.5 Å². The molecule has 2 aliphatic rings. The molecule has 0 saturated carbocycles. The summed E-state index contributed by atoms with van der Waals surface area (Å²) in [5.74, 6) is 2.21. The first kappa shape index (κ1) is 37.8. The summed E-state index contributed by atoms with van der Waals surface area (Å²) in [6.45, 7) is 4.67. The van der Waals surface area contributed by atoms with Gasteiger partial charge in [0.15, 0.2) is 6.29 Å². The molecule has 11 nitrogen and oxygen atoms in total. The van der Waals surface area contributed by atoms with Crippen LogP contribution in [0, 0.1) is 0 Å². The van der Waals surface area contributed by atoms with E-state index in [0.717, 1.165) is 84.2 Å². The molecule has 57 heavy (non-hydrogen) atoms. The number of piperazine rings is 1. The Morgan fingerprint density at radius 3 is 2.18 bits per heavy atom. The predicted molar refractivity (Wildman–Crippen MR) is 220 cm³/mol. The quantitative estimate of drug-likeness (QED) is 0.114.